The second-order valence-corrected chi connectivity index (χ2v) is 9.53. The summed E-state index contributed by atoms with van der Waals surface area (Å²) in [6.07, 6.45) is 1.73. The summed E-state index contributed by atoms with van der Waals surface area (Å²) in [5.74, 6) is -0.375. The fourth-order valence-electron chi connectivity index (χ4n) is 3.92. The molecule has 0 amide bonds. The number of carbonyl (C=O) groups is 1. The van der Waals surface area contributed by atoms with Gasteiger partial charge in [0.2, 0.25) is 0 Å². The first kappa shape index (κ1) is 22.1. The van der Waals surface area contributed by atoms with E-state index in [0.29, 0.717) is 26.2 Å². The molecule has 0 radical (unpaired) electrons. The van der Waals surface area contributed by atoms with Gasteiger partial charge < -0.3 is 9.84 Å². The molecule has 0 saturated heterocycles. The van der Waals surface area contributed by atoms with Gasteiger partial charge in [0.05, 0.1) is 22.4 Å². The Kier molecular flexibility index (Phi) is 6.00. The molecule has 2 aromatic heterocycles. The van der Waals surface area contributed by atoms with Crippen LogP contribution in [0, 0.1) is 0 Å². The lowest BCUT2D eigenvalue weighted by molar-refractivity contribution is -0.138. The van der Waals surface area contributed by atoms with Crippen molar-refractivity contribution in [1.29, 1.82) is 0 Å². The van der Waals surface area contributed by atoms with Gasteiger partial charge in [-0.2, -0.15) is 0 Å². The highest BCUT2D eigenvalue weighted by atomic mass is 32.1. The van der Waals surface area contributed by atoms with E-state index in [1.807, 2.05) is 53.9 Å². The van der Waals surface area contributed by atoms with Gasteiger partial charge >= 0.3 is 5.97 Å². The summed E-state index contributed by atoms with van der Waals surface area (Å²) in [6.45, 7) is 1.97. The number of aromatic nitrogens is 1. The maximum Gasteiger partial charge on any atom is 0.338 e. The van der Waals surface area contributed by atoms with Gasteiger partial charge in [-0.3, -0.25) is 9.36 Å². The van der Waals surface area contributed by atoms with Crippen LogP contribution in [-0.2, 0) is 9.53 Å². The summed E-state index contributed by atoms with van der Waals surface area (Å²) >= 11 is 2.73. The van der Waals surface area contributed by atoms with E-state index in [2.05, 4.69) is 0 Å². The molecule has 0 fully saturated rings. The zero-order chi connectivity index (χ0) is 23.7. The number of thiophene rings is 1. The SMILES string of the molecule is CCOC(=O)C1=C(c2ccccc2)N=c2s/c(=C/c3cccc(O)c3)c(=O)n2C1c1cccs1. The second kappa shape index (κ2) is 9.24. The lowest BCUT2D eigenvalue weighted by Crippen LogP contribution is -2.39. The number of phenolic OH excluding ortho intramolecular Hbond substituents is 1. The van der Waals surface area contributed by atoms with Crippen LogP contribution in [-0.4, -0.2) is 22.2 Å². The topological polar surface area (TPSA) is 80.9 Å². The molecule has 1 aliphatic rings. The Hall–Kier alpha value is -3.75. The molecule has 6 nitrogen and oxygen atoms in total. The molecule has 0 saturated carbocycles. The van der Waals surface area contributed by atoms with E-state index < -0.39 is 12.0 Å². The van der Waals surface area contributed by atoms with Crippen LogP contribution < -0.4 is 14.9 Å². The van der Waals surface area contributed by atoms with E-state index in [1.165, 1.54) is 22.7 Å². The smallest absolute Gasteiger partial charge is 0.338 e. The van der Waals surface area contributed by atoms with Crippen LogP contribution >= 0.6 is 22.7 Å². The van der Waals surface area contributed by atoms with Crippen LogP contribution in [0.1, 0.15) is 29.0 Å². The molecule has 0 aliphatic carbocycles. The molecule has 3 heterocycles. The molecule has 5 rings (SSSR count). The summed E-state index contributed by atoms with van der Waals surface area (Å²) < 4.78 is 7.47. The van der Waals surface area contributed by atoms with E-state index in [0.717, 1.165) is 10.4 Å². The molecule has 0 bridgehead atoms. The van der Waals surface area contributed by atoms with Crippen LogP contribution in [0.2, 0.25) is 0 Å². The minimum atomic E-state index is -0.656. The lowest BCUT2D eigenvalue weighted by atomic mass is 9.97. The average molecular weight is 489 g/mol. The number of phenols is 1. The Morgan fingerprint density at radius 1 is 1.15 bits per heavy atom. The van der Waals surface area contributed by atoms with Crippen molar-refractivity contribution in [2.45, 2.75) is 13.0 Å². The van der Waals surface area contributed by atoms with Gasteiger partial charge in [-0.15, -0.1) is 11.3 Å². The largest absolute Gasteiger partial charge is 0.508 e. The van der Waals surface area contributed by atoms with E-state index >= 15 is 0 Å². The number of fused-ring (bicyclic) bond motifs is 1. The van der Waals surface area contributed by atoms with E-state index in [1.54, 1.807) is 35.8 Å². The Balaban J connectivity index is 1.82. The fourth-order valence-corrected chi connectivity index (χ4v) is 5.75. The number of benzene rings is 2. The van der Waals surface area contributed by atoms with Gasteiger partial charge in [0.15, 0.2) is 4.80 Å². The molecular formula is C26H20N2O4S2. The number of nitrogens with zero attached hydrogens (tertiary/aromatic N) is 2. The summed E-state index contributed by atoms with van der Waals surface area (Å²) in [4.78, 5) is 33.0. The molecule has 2 aromatic carbocycles. The fraction of sp³-hybridized carbons (Fsp3) is 0.115. The first-order chi connectivity index (χ1) is 16.6. The Labute approximate surface area is 203 Å². The number of thiazole rings is 1. The Morgan fingerprint density at radius 2 is 1.97 bits per heavy atom. The number of rotatable bonds is 5. The molecule has 8 heteroatoms. The highest BCUT2D eigenvalue weighted by Crippen LogP contribution is 2.36. The van der Waals surface area contributed by atoms with Crippen LogP contribution in [0.15, 0.2) is 87.5 Å². The third-order valence-electron chi connectivity index (χ3n) is 5.35. The molecule has 1 atom stereocenters. The van der Waals surface area contributed by atoms with E-state index in [-0.39, 0.29) is 17.9 Å². The minimum Gasteiger partial charge on any atom is -0.508 e. The van der Waals surface area contributed by atoms with E-state index in [4.69, 9.17) is 9.73 Å². The van der Waals surface area contributed by atoms with Gasteiger partial charge in [-0.1, -0.05) is 59.9 Å². The van der Waals surface area contributed by atoms with Crippen molar-refractivity contribution in [2.75, 3.05) is 6.61 Å². The molecule has 1 unspecified atom stereocenters. The Morgan fingerprint density at radius 3 is 2.68 bits per heavy atom. The van der Waals surface area contributed by atoms with Crippen molar-refractivity contribution in [3.63, 3.8) is 0 Å². The monoisotopic (exact) mass is 488 g/mol. The Bertz CT molecular complexity index is 1560. The maximum atomic E-state index is 13.6. The highest BCUT2D eigenvalue weighted by molar-refractivity contribution is 7.10. The number of hydrogen-bond acceptors (Lipinski definition) is 7. The van der Waals surface area contributed by atoms with Crippen molar-refractivity contribution in [3.05, 3.63) is 113 Å². The third kappa shape index (κ3) is 4.02. The molecule has 34 heavy (non-hydrogen) atoms. The quantitative estimate of drug-likeness (QED) is 0.435. The van der Waals surface area contributed by atoms with E-state index in [9.17, 15) is 14.7 Å². The van der Waals surface area contributed by atoms with Gasteiger partial charge in [0, 0.05) is 10.4 Å². The third-order valence-corrected chi connectivity index (χ3v) is 7.26. The lowest BCUT2D eigenvalue weighted by Gasteiger charge is -2.24. The standard InChI is InChI=1S/C26H20N2O4S2/c1-2-32-25(31)21-22(17-9-4-3-5-10-17)27-26-28(23(21)19-12-7-13-33-19)24(30)20(34-26)15-16-8-6-11-18(29)14-16/h3-15,23,29H,2H2,1H3/b20-15+. The van der Waals surface area contributed by atoms with Crippen molar-refractivity contribution in [2.24, 2.45) is 4.99 Å². The van der Waals surface area contributed by atoms with Gasteiger partial charge in [0.25, 0.3) is 5.56 Å². The van der Waals surface area contributed by atoms with Crippen LogP contribution in [0.5, 0.6) is 5.75 Å². The van der Waals surface area contributed by atoms with Gasteiger partial charge in [0.1, 0.15) is 11.8 Å². The predicted octanol–water partition coefficient (Wildman–Crippen LogP) is 3.70. The summed E-state index contributed by atoms with van der Waals surface area (Å²) in [6, 6.07) is 19.3. The van der Waals surface area contributed by atoms with Crippen LogP contribution in [0.4, 0.5) is 0 Å². The summed E-state index contributed by atoms with van der Waals surface area (Å²) in [5.41, 5.74) is 2.07. The molecular weight excluding hydrogens is 468 g/mol. The minimum absolute atomic E-state index is 0.119. The number of aromatic hydroxyl groups is 1. The average Bonchev–Trinajstić information content (AvgIpc) is 3.47. The predicted molar refractivity (Wildman–Crippen MR) is 133 cm³/mol. The van der Waals surface area contributed by atoms with Crippen LogP contribution in [0.25, 0.3) is 11.8 Å². The normalized spacial score (nSPS) is 15.7. The van der Waals surface area contributed by atoms with Crippen molar-refractivity contribution < 1.29 is 14.6 Å². The molecule has 170 valence electrons. The molecule has 4 aromatic rings. The number of carbonyl (C=O) groups excluding carboxylic acids is 1. The van der Waals surface area contributed by atoms with Crippen LogP contribution in [0.3, 0.4) is 0 Å². The zero-order valence-electron chi connectivity index (χ0n) is 18.2. The number of esters is 1. The number of ether oxygens (including phenoxy) is 1. The first-order valence-electron chi connectivity index (χ1n) is 10.7. The first-order valence-corrected chi connectivity index (χ1v) is 12.4. The molecule has 1 N–H and O–H groups in total. The number of hydrogen-bond donors (Lipinski definition) is 1. The van der Waals surface area contributed by atoms with Gasteiger partial charge in [-0.05, 0) is 42.1 Å². The zero-order valence-corrected chi connectivity index (χ0v) is 19.8. The van der Waals surface area contributed by atoms with Crippen molar-refractivity contribution >= 4 is 40.4 Å². The summed E-state index contributed by atoms with van der Waals surface area (Å²) in [5, 5.41) is 11.7. The van der Waals surface area contributed by atoms with Crippen molar-refractivity contribution in [1.82, 2.24) is 4.57 Å². The maximum absolute atomic E-state index is 13.6. The second-order valence-electron chi connectivity index (χ2n) is 7.54. The summed E-state index contributed by atoms with van der Waals surface area (Å²) in [7, 11) is 0. The van der Waals surface area contributed by atoms with Crippen molar-refractivity contribution in [3.8, 4) is 5.75 Å². The molecule has 1 aliphatic heterocycles. The van der Waals surface area contributed by atoms with Gasteiger partial charge in [-0.25, -0.2) is 9.79 Å². The highest BCUT2D eigenvalue weighted by Gasteiger charge is 2.35. The molecule has 0 spiro atoms.